The van der Waals surface area contributed by atoms with Crippen molar-refractivity contribution in [2.45, 2.75) is 37.4 Å². The number of nitrogens with zero attached hydrogens (tertiary/aromatic N) is 6. The van der Waals surface area contributed by atoms with Crippen molar-refractivity contribution in [1.82, 2.24) is 34.5 Å². The minimum absolute atomic E-state index is 0.160. The molecule has 9 nitrogen and oxygen atoms in total. The lowest BCUT2D eigenvalue weighted by Gasteiger charge is -2.28. The van der Waals surface area contributed by atoms with Gasteiger partial charge >= 0.3 is 6.18 Å². The second kappa shape index (κ2) is 9.40. The van der Waals surface area contributed by atoms with Crippen LogP contribution in [0.1, 0.15) is 47.3 Å². The number of alkyl halides is 3. The first-order chi connectivity index (χ1) is 19.4. The number of nitrogens with one attached hydrogen (secondary N) is 1. The van der Waals surface area contributed by atoms with Gasteiger partial charge in [-0.2, -0.15) is 13.2 Å². The molecule has 1 saturated carbocycles. The predicted molar refractivity (Wildman–Crippen MR) is 139 cm³/mol. The Labute approximate surface area is 226 Å². The highest BCUT2D eigenvalue weighted by Crippen LogP contribution is 2.45. The fourth-order valence-electron chi connectivity index (χ4n) is 5.03. The summed E-state index contributed by atoms with van der Waals surface area (Å²) in [6.45, 7) is 0.735. The van der Waals surface area contributed by atoms with Gasteiger partial charge in [-0.1, -0.05) is 24.3 Å². The van der Waals surface area contributed by atoms with Crippen molar-refractivity contribution in [3.8, 4) is 28.7 Å². The third-order valence-corrected chi connectivity index (χ3v) is 7.36. The number of hydrogen-bond donors (Lipinski definition) is 1. The summed E-state index contributed by atoms with van der Waals surface area (Å²) in [6, 6.07) is 7.25. The van der Waals surface area contributed by atoms with Crippen molar-refractivity contribution in [2.75, 3.05) is 20.3 Å². The first kappa shape index (κ1) is 24.7. The SMILES string of the molecule is COc1ncnc(C2CC2)c1-c1ncc2[nH]cc(Cc3ccc(-c4nc(C(F)(F)F)cn4C4COC4)cc3)c2n1. The Kier molecular flexibility index (Phi) is 5.81. The summed E-state index contributed by atoms with van der Waals surface area (Å²) in [4.78, 5) is 25.4. The molecule has 2 aliphatic rings. The zero-order valence-corrected chi connectivity index (χ0v) is 21.4. The Morgan fingerprint density at radius 2 is 1.88 bits per heavy atom. The Morgan fingerprint density at radius 3 is 2.55 bits per heavy atom. The van der Waals surface area contributed by atoms with Crippen LogP contribution in [0.4, 0.5) is 13.2 Å². The van der Waals surface area contributed by atoms with Gasteiger partial charge in [-0.25, -0.2) is 24.9 Å². The smallest absolute Gasteiger partial charge is 0.434 e. The standard InChI is InChI=1S/C28H24F3N7O2/c1-39-27-22(24(16-6-7-16)34-14-35-27)25-33-10-20-23(37-25)18(9-32-20)8-15-2-4-17(5-3-15)26-36-21(28(29,30)31)11-38(26)19-12-40-13-19/h2-5,9-11,14,16,19,32H,6-8,12-13H2,1H3. The molecule has 7 rings (SSSR count). The molecule has 0 spiro atoms. The second-order valence-corrected chi connectivity index (χ2v) is 10.1. The first-order valence-corrected chi connectivity index (χ1v) is 12.9. The number of H-pyrrole nitrogens is 1. The minimum Gasteiger partial charge on any atom is -0.480 e. The van der Waals surface area contributed by atoms with Crippen molar-refractivity contribution < 1.29 is 22.6 Å². The minimum atomic E-state index is -4.52. The Bertz CT molecular complexity index is 1700. The van der Waals surface area contributed by atoms with Crippen LogP contribution in [-0.2, 0) is 17.3 Å². The maximum Gasteiger partial charge on any atom is 0.434 e. The molecule has 1 aliphatic carbocycles. The van der Waals surface area contributed by atoms with E-state index in [1.54, 1.807) is 30.0 Å². The van der Waals surface area contributed by atoms with E-state index in [-0.39, 0.29) is 11.9 Å². The van der Waals surface area contributed by atoms with E-state index in [0.717, 1.165) is 52.5 Å². The van der Waals surface area contributed by atoms with Crippen LogP contribution in [0, 0.1) is 0 Å². The Hall–Kier alpha value is -4.32. The Balaban J connectivity index is 1.20. The maximum atomic E-state index is 13.4. The van der Waals surface area contributed by atoms with Crippen LogP contribution in [0.5, 0.6) is 5.88 Å². The van der Waals surface area contributed by atoms with Crippen LogP contribution in [0.3, 0.4) is 0 Å². The third-order valence-electron chi connectivity index (χ3n) is 7.36. The molecule has 0 unspecified atom stereocenters. The average Bonchev–Trinajstić information content (AvgIpc) is 3.56. The maximum absolute atomic E-state index is 13.4. The van der Waals surface area contributed by atoms with Crippen LogP contribution in [0.25, 0.3) is 33.8 Å². The molecule has 0 bridgehead atoms. The number of hydrogen-bond acceptors (Lipinski definition) is 7. The fraction of sp³-hybridized carbons (Fsp3) is 0.321. The van der Waals surface area contributed by atoms with Gasteiger partial charge in [-0.05, 0) is 18.4 Å². The molecule has 0 atom stereocenters. The van der Waals surface area contributed by atoms with Gasteiger partial charge in [0.05, 0.1) is 49.3 Å². The predicted octanol–water partition coefficient (Wildman–Crippen LogP) is 5.35. The van der Waals surface area contributed by atoms with E-state index in [1.165, 1.54) is 6.33 Å². The van der Waals surface area contributed by atoms with Gasteiger partial charge in [0.2, 0.25) is 5.88 Å². The van der Waals surface area contributed by atoms with Crippen LogP contribution in [0.2, 0.25) is 0 Å². The van der Waals surface area contributed by atoms with Crippen molar-refractivity contribution in [3.63, 3.8) is 0 Å². The molecular formula is C28H24F3N7O2. The highest BCUT2D eigenvalue weighted by molar-refractivity contribution is 5.81. The monoisotopic (exact) mass is 547 g/mol. The summed E-state index contributed by atoms with van der Waals surface area (Å²) in [5.74, 6) is 1.59. The summed E-state index contributed by atoms with van der Waals surface area (Å²) >= 11 is 0. The summed E-state index contributed by atoms with van der Waals surface area (Å²) in [6.07, 6.45) is 4.40. The molecular weight excluding hydrogens is 523 g/mol. The number of aromatic amines is 1. The van der Waals surface area contributed by atoms with E-state index in [1.807, 2.05) is 18.3 Å². The van der Waals surface area contributed by atoms with E-state index < -0.39 is 11.9 Å². The molecule has 204 valence electrons. The number of ether oxygens (including phenoxy) is 2. The zero-order valence-electron chi connectivity index (χ0n) is 21.4. The average molecular weight is 548 g/mol. The molecule has 2 fully saturated rings. The number of fused-ring (bicyclic) bond motifs is 1. The van der Waals surface area contributed by atoms with Gasteiger partial charge in [-0.3, -0.25) is 0 Å². The highest BCUT2D eigenvalue weighted by Gasteiger charge is 2.37. The molecule has 4 aromatic heterocycles. The van der Waals surface area contributed by atoms with Gasteiger partial charge in [-0.15, -0.1) is 0 Å². The Morgan fingerprint density at radius 1 is 1.07 bits per heavy atom. The van der Waals surface area contributed by atoms with Crippen LogP contribution < -0.4 is 4.74 Å². The first-order valence-electron chi connectivity index (χ1n) is 12.9. The van der Waals surface area contributed by atoms with Crippen molar-refractivity contribution in [3.05, 3.63) is 71.7 Å². The third kappa shape index (κ3) is 4.37. The molecule has 1 N–H and O–H groups in total. The van der Waals surface area contributed by atoms with Crippen molar-refractivity contribution in [1.29, 1.82) is 0 Å². The van der Waals surface area contributed by atoms with Crippen molar-refractivity contribution in [2.24, 2.45) is 0 Å². The lowest BCUT2D eigenvalue weighted by Crippen LogP contribution is -2.30. The number of rotatable bonds is 7. The van der Waals surface area contributed by atoms with Crippen LogP contribution >= 0.6 is 0 Å². The van der Waals surface area contributed by atoms with Gasteiger partial charge in [0, 0.05) is 35.9 Å². The number of imidazole rings is 1. The van der Waals surface area contributed by atoms with Crippen LogP contribution in [-0.4, -0.2) is 54.8 Å². The molecule has 1 saturated heterocycles. The van der Waals surface area contributed by atoms with E-state index in [9.17, 15) is 13.2 Å². The number of benzene rings is 1. The molecule has 5 aromatic rings. The number of halogens is 3. The number of aromatic nitrogens is 7. The van der Waals surface area contributed by atoms with E-state index in [2.05, 4.69) is 24.9 Å². The molecule has 5 heterocycles. The quantitative estimate of drug-likeness (QED) is 0.293. The second-order valence-electron chi connectivity index (χ2n) is 10.1. The molecule has 40 heavy (non-hydrogen) atoms. The van der Waals surface area contributed by atoms with Crippen molar-refractivity contribution >= 4 is 11.0 Å². The molecule has 0 amide bonds. The van der Waals surface area contributed by atoms with Gasteiger partial charge in [0.25, 0.3) is 0 Å². The van der Waals surface area contributed by atoms with E-state index in [4.69, 9.17) is 14.5 Å². The molecule has 0 radical (unpaired) electrons. The summed E-state index contributed by atoms with van der Waals surface area (Å²) in [5.41, 5.74) is 4.83. The van der Waals surface area contributed by atoms with Gasteiger partial charge in [0.15, 0.2) is 11.5 Å². The number of methoxy groups -OCH3 is 1. The molecule has 12 heteroatoms. The van der Waals surface area contributed by atoms with Crippen LogP contribution in [0.15, 0.2) is 49.2 Å². The lowest BCUT2D eigenvalue weighted by molar-refractivity contribution is -0.141. The van der Waals surface area contributed by atoms with E-state index in [0.29, 0.717) is 42.8 Å². The fourth-order valence-corrected chi connectivity index (χ4v) is 5.03. The molecule has 1 aliphatic heterocycles. The highest BCUT2D eigenvalue weighted by atomic mass is 19.4. The van der Waals surface area contributed by atoms with Gasteiger partial charge in [0.1, 0.15) is 17.7 Å². The summed E-state index contributed by atoms with van der Waals surface area (Å²) in [5, 5.41) is 0. The largest absolute Gasteiger partial charge is 0.480 e. The summed E-state index contributed by atoms with van der Waals surface area (Å²) < 4.78 is 52.5. The topological polar surface area (TPSA) is 104 Å². The molecule has 1 aromatic carbocycles. The normalized spacial score (nSPS) is 15.9. The lowest BCUT2D eigenvalue weighted by atomic mass is 10.0. The zero-order chi connectivity index (χ0) is 27.4. The van der Waals surface area contributed by atoms with E-state index >= 15 is 0 Å². The summed E-state index contributed by atoms with van der Waals surface area (Å²) in [7, 11) is 1.57. The van der Waals surface area contributed by atoms with Gasteiger partial charge < -0.3 is 19.0 Å².